The van der Waals surface area contributed by atoms with Crippen LogP contribution in [0.3, 0.4) is 0 Å². The molecule has 3 rings (SSSR count). The molecule has 1 N–H and O–H groups in total. The number of nitrogens with zero attached hydrogens (tertiary/aromatic N) is 1. The van der Waals surface area contributed by atoms with Gasteiger partial charge in [-0.25, -0.2) is 4.79 Å². The third-order valence-corrected chi connectivity index (χ3v) is 4.74. The maximum Gasteiger partial charge on any atom is 0.317 e. The number of hydrogen-bond donors (Lipinski definition) is 1. The molecule has 3 fully saturated rings. The van der Waals surface area contributed by atoms with Crippen molar-refractivity contribution in [3.05, 3.63) is 0 Å². The van der Waals surface area contributed by atoms with E-state index in [0.29, 0.717) is 19.2 Å². The Morgan fingerprint density at radius 1 is 1.29 bits per heavy atom. The van der Waals surface area contributed by atoms with Gasteiger partial charge >= 0.3 is 6.03 Å². The van der Waals surface area contributed by atoms with Crippen molar-refractivity contribution in [2.24, 2.45) is 0 Å². The van der Waals surface area contributed by atoms with Crippen LogP contribution in [0.15, 0.2) is 0 Å². The fourth-order valence-corrected chi connectivity index (χ4v) is 3.54. The van der Waals surface area contributed by atoms with Crippen molar-refractivity contribution >= 4 is 6.03 Å². The van der Waals surface area contributed by atoms with Crippen molar-refractivity contribution in [3.8, 4) is 0 Å². The van der Waals surface area contributed by atoms with Crippen molar-refractivity contribution in [3.63, 3.8) is 0 Å². The standard InChI is InChI=1S/C16H28N2O3/c1-12(2)18(13-6-7-13)15(19)17-10-14-11-20-16(21-14)8-4-3-5-9-16/h12-14H,3-11H2,1-2H3,(H,17,19)/t14-/m0/s1. The fraction of sp³-hybridized carbons (Fsp3) is 0.938. The van der Waals surface area contributed by atoms with Crippen LogP contribution < -0.4 is 5.32 Å². The number of hydrogen-bond acceptors (Lipinski definition) is 3. The van der Waals surface area contributed by atoms with Gasteiger partial charge in [-0.2, -0.15) is 0 Å². The quantitative estimate of drug-likeness (QED) is 0.867. The minimum atomic E-state index is -0.345. The van der Waals surface area contributed by atoms with Crippen LogP contribution in [0.25, 0.3) is 0 Å². The van der Waals surface area contributed by atoms with Gasteiger partial charge < -0.3 is 19.7 Å². The Morgan fingerprint density at radius 3 is 2.62 bits per heavy atom. The van der Waals surface area contributed by atoms with Crippen LogP contribution in [0.5, 0.6) is 0 Å². The first-order chi connectivity index (χ1) is 10.1. The van der Waals surface area contributed by atoms with Gasteiger partial charge in [0.15, 0.2) is 5.79 Å². The molecule has 1 spiro atoms. The van der Waals surface area contributed by atoms with Gasteiger partial charge in [0.05, 0.1) is 6.61 Å². The maximum atomic E-state index is 12.3. The fourth-order valence-electron chi connectivity index (χ4n) is 3.54. The molecule has 0 aromatic rings. The Bertz CT molecular complexity index is 374. The van der Waals surface area contributed by atoms with Crippen LogP contribution >= 0.6 is 0 Å². The molecule has 1 saturated heterocycles. The second kappa shape index (κ2) is 6.13. The predicted octanol–water partition coefficient (Wildman–Crippen LogP) is 2.64. The average Bonchev–Trinajstić information content (AvgIpc) is 3.20. The highest BCUT2D eigenvalue weighted by Gasteiger charge is 2.42. The van der Waals surface area contributed by atoms with E-state index < -0.39 is 0 Å². The van der Waals surface area contributed by atoms with Crippen LogP contribution in [0.2, 0.25) is 0 Å². The molecule has 0 unspecified atom stereocenters. The summed E-state index contributed by atoms with van der Waals surface area (Å²) < 4.78 is 12.0. The first kappa shape index (κ1) is 15.1. The lowest BCUT2D eigenvalue weighted by atomic mass is 9.94. The molecule has 120 valence electrons. The zero-order valence-corrected chi connectivity index (χ0v) is 13.3. The molecule has 0 aromatic carbocycles. The first-order valence-corrected chi connectivity index (χ1v) is 8.48. The molecule has 1 atom stereocenters. The zero-order valence-electron chi connectivity index (χ0n) is 13.3. The monoisotopic (exact) mass is 296 g/mol. The Kier molecular flexibility index (Phi) is 4.41. The summed E-state index contributed by atoms with van der Waals surface area (Å²) in [7, 11) is 0. The Hall–Kier alpha value is -0.810. The SMILES string of the molecule is CC(C)N(C(=O)NC[C@H]1COC2(CCCCC2)O1)C1CC1. The van der Waals surface area contributed by atoms with Crippen LogP contribution in [0, 0.1) is 0 Å². The van der Waals surface area contributed by atoms with Gasteiger partial charge in [-0.3, -0.25) is 0 Å². The molecule has 2 saturated carbocycles. The van der Waals surface area contributed by atoms with Crippen molar-refractivity contribution in [2.45, 2.75) is 82.8 Å². The second-order valence-corrected chi connectivity index (χ2v) is 6.94. The lowest BCUT2D eigenvalue weighted by Crippen LogP contribution is -2.47. The first-order valence-electron chi connectivity index (χ1n) is 8.48. The Balaban J connectivity index is 1.46. The van der Waals surface area contributed by atoms with Gasteiger partial charge in [-0.15, -0.1) is 0 Å². The summed E-state index contributed by atoms with van der Waals surface area (Å²) in [5, 5.41) is 3.03. The minimum absolute atomic E-state index is 0.000246. The summed E-state index contributed by atoms with van der Waals surface area (Å²) in [6, 6.07) is 0.735. The zero-order chi connectivity index (χ0) is 14.9. The number of rotatable bonds is 4. The molecule has 0 bridgehead atoms. The summed E-state index contributed by atoms with van der Waals surface area (Å²) in [4.78, 5) is 14.3. The Morgan fingerprint density at radius 2 is 2.00 bits per heavy atom. The molecule has 1 aliphatic heterocycles. The normalized spacial score (nSPS) is 28.0. The van der Waals surface area contributed by atoms with Gasteiger partial charge in [0, 0.05) is 31.5 Å². The van der Waals surface area contributed by atoms with E-state index >= 15 is 0 Å². The number of amides is 2. The predicted molar refractivity (Wildman–Crippen MR) is 80.0 cm³/mol. The molecule has 0 aromatic heterocycles. The van der Waals surface area contributed by atoms with Crippen molar-refractivity contribution < 1.29 is 14.3 Å². The third kappa shape index (κ3) is 3.51. The summed E-state index contributed by atoms with van der Waals surface area (Å²) >= 11 is 0. The second-order valence-electron chi connectivity index (χ2n) is 6.94. The van der Waals surface area contributed by atoms with Crippen molar-refractivity contribution in [2.75, 3.05) is 13.2 Å². The third-order valence-electron chi connectivity index (χ3n) is 4.74. The highest BCUT2D eigenvalue weighted by molar-refractivity contribution is 5.75. The maximum absolute atomic E-state index is 12.3. The molecule has 5 heteroatoms. The van der Waals surface area contributed by atoms with E-state index in [9.17, 15) is 4.79 Å². The van der Waals surface area contributed by atoms with Crippen LogP contribution in [-0.4, -0.2) is 48.1 Å². The van der Waals surface area contributed by atoms with Gasteiger partial charge in [0.25, 0.3) is 0 Å². The van der Waals surface area contributed by atoms with E-state index in [1.54, 1.807) is 0 Å². The molecule has 5 nitrogen and oxygen atoms in total. The lowest BCUT2D eigenvalue weighted by molar-refractivity contribution is -0.186. The van der Waals surface area contributed by atoms with E-state index in [-0.39, 0.29) is 24.0 Å². The summed E-state index contributed by atoms with van der Waals surface area (Å²) in [5.41, 5.74) is 0. The van der Waals surface area contributed by atoms with Crippen molar-refractivity contribution in [1.29, 1.82) is 0 Å². The number of ether oxygens (including phenoxy) is 2. The lowest BCUT2D eigenvalue weighted by Gasteiger charge is -2.32. The van der Waals surface area contributed by atoms with Gasteiger partial charge in [0.2, 0.25) is 0 Å². The average molecular weight is 296 g/mol. The van der Waals surface area contributed by atoms with E-state index in [1.807, 2.05) is 4.90 Å². The summed E-state index contributed by atoms with van der Waals surface area (Å²) in [6.45, 7) is 5.30. The van der Waals surface area contributed by atoms with Crippen LogP contribution in [0.4, 0.5) is 4.79 Å². The minimum Gasteiger partial charge on any atom is -0.347 e. The molecule has 21 heavy (non-hydrogen) atoms. The molecule has 2 aliphatic carbocycles. The highest BCUT2D eigenvalue weighted by Crippen LogP contribution is 2.37. The summed E-state index contributed by atoms with van der Waals surface area (Å²) in [5.74, 6) is -0.345. The smallest absolute Gasteiger partial charge is 0.317 e. The number of carbonyl (C=O) groups excluding carboxylic acids is 1. The topological polar surface area (TPSA) is 50.8 Å². The van der Waals surface area contributed by atoms with Crippen LogP contribution in [0.1, 0.15) is 58.8 Å². The molecule has 1 heterocycles. The van der Waals surface area contributed by atoms with E-state index in [2.05, 4.69) is 19.2 Å². The van der Waals surface area contributed by atoms with Gasteiger partial charge in [-0.05, 0) is 39.5 Å². The summed E-state index contributed by atoms with van der Waals surface area (Å²) in [6.07, 6.45) is 7.91. The molecule has 2 amide bonds. The van der Waals surface area contributed by atoms with Crippen LogP contribution in [-0.2, 0) is 9.47 Å². The number of nitrogens with one attached hydrogen (secondary N) is 1. The largest absolute Gasteiger partial charge is 0.347 e. The Labute approximate surface area is 127 Å². The molecule has 3 aliphatic rings. The molecular formula is C16H28N2O3. The molecule has 0 radical (unpaired) electrons. The van der Waals surface area contributed by atoms with E-state index in [0.717, 1.165) is 25.7 Å². The highest BCUT2D eigenvalue weighted by atomic mass is 16.7. The van der Waals surface area contributed by atoms with E-state index in [1.165, 1.54) is 19.3 Å². The number of urea groups is 1. The number of carbonyl (C=O) groups is 1. The van der Waals surface area contributed by atoms with Gasteiger partial charge in [0.1, 0.15) is 6.10 Å². The van der Waals surface area contributed by atoms with E-state index in [4.69, 9.17) is 9.47 Å². The van der Waals surface area contributed by atoms with Gasteiger partial charge in [-0.1, -0.05) is 6.42 Å². The van der Waals surface area contributed by atoms with Crippen molar-refractivity contribution in [1.82, 2.24) is 10.2 Å². The molecular weight excluding hydrogens is 268 g/mol.